The molecule has 1 aromatic rings. The fraction of sp³-hybridized carbons (Fsp3) is 0.571. The Morgan fingerprint density at radius 1 is 1.08 bits per heavy atom. The lowest BCUT2D eigenvalue weighted by molar-refractivity contribution is -0.127. The van der Waals surface area contributed by atoms with Crippen molar-refractivity contribution in [2.45, 2.75) is 70.9 Å². The minimum atomic E-state index is -0.754. The number of amides is 3. The van der Waals surface area contributed by atoms with Gasteiger partial charge in [-0.1, -0.05) is 58.1 Å². The number of hydrogen-bond acceptors (Lipinski definition) is 3. The number of rotatable bonds is 5. The van der Waals surface area contributed by atoms with Gasteiger partial charge in [0.15, 0.2) is 0 Å². The van der Waals surface area contributed by atoms with Gasteiger partial charge in [-0.3, -0.25) is 19.3 Å². The van der Waals surface area contributed by atoms with Crippen LogP contribution in [0.2, 0.25) is 0 Å². The van der Waals surface area contributed by atoms with E-state index in [4.69, 9.17) is 0 Å². The fourth-order valence-corrected chi connectivity index (χ4v) is 4.02. The molecule has 3 rings (SSSR count). The van der Waals surface area contributed by atoms with Crippen molar-refractivity contribution < 1.29 is 14.4 Å². The molecule has 1 heterocycles. The molecule has 0 bridgehead atoms. The molecule has 1 aliphatic heterocycles. The predicted octanol–water partition coefficient (Wildman–Crippen LogP) is 3.54. The Balaban J connectivity index is 1.83. The molecule has 1 aliphatic carbocycles. The summed E-state index contributed by atoms with van der Waals surface area (Å²) in [4.78, 5) is 40.0. The van der Waals surface area contributed by atoms with Gasteiger partial charge in [0.05, 0.1) is 11.1 Å². The average molecular weight is 356 g/mol. The third kappa shape index (κ3) is 3.53. The molecule has 0 radical (unpaired) electrons. The van der Waals surface area contributed by atoms with Crippen LogP contribution in [0.25, 0.3) is 0 Å². The topological polar surface area (TPSA) is 66.5 Å². The summed E-state index contributed by atoms with van der Waals surface area (Å²) in [7, 11) is 0. The molecule has 2 aliphatic rings. The number of nitrogens with one attached hydrogen (secondary N) is 1. The molecular weight excluding hydrogens is 328 g/mol. The van der Waals surface area contributed by atoms with Gasteiger partial charge in [0.25, 0.3) is 11.8 Å². The molecule has 0 saturated heterocycles. The van der Waals surface area contributed by atoms with Crippen molar-refractivity contribution in [1.29, 1.82) is 0 Å². The van der Waals surface area contributed by atoms with Crippen molar-refractivity contribution in [3.8, 4) is 0 Å². The van der Waals surface area contributed by atoms with Gasteiger partial charge in [-0.15, -0.1) is 0 Å². The lowest BCUT2D eigenvalue weighted by Gasteiger charge is -2.31. The molecule has 5 nitrogen and oxygen atoms in total. The summed E-state index contributed by atoms with van der Waals surface area (Å²) >= 11 is 0. The average Bonchev–Trinajstić information content (AvgIpc) is 2.83. The second-order valence-corrected chi connectivity index (χ2v) is 7.55. The Bertz CT molecular complexity index is 657. The summed E-state index contributed by atoms with van der Waals surface area (Å²) in [5.74, 6) is -0.998. The Labute approximate surface area is 155 Å². The molecule has 5 heteroatoms. The van der Waals surface area contributed by atoms with Gasteiger partial charge in [0.2, 0.25) is 5.91 Å². The number of fused-ring (bicyclic) bond motifs is 1. The van der Waals surface area contributed by atoms with Crippen LogP contribution in [0.4, 0.5) is 0 Å². The summed E-state index contributed by atoms with van der Waals surface area (Å²) in [6.45, 7) is 3.91. The Kier molecular flexibility index (Phi) is 5.74. The maximum Gasteiger partial charge on any atom is 0.262 e. The van der Waals surface area contributed by atoms with Gasteiger partial charge < -0.3 is 5.32 Å². The van der Waals surface area contributed by atoms with Crippen molar-refractivity contribution in [1.82, 2.24) is 10.2 Å². The van der Waals surface area contributed by atoms with E-state index in [-0.39, 0.29) is 29.7 Å². The van der Waals surface area contributed by atoms with Crippen LogP contribution in [-0.2, 0) is 4.79 Å². The molecular formula is C21H28N2O3. The van der Waals surface area contributed by atoms with Crippen molar-refractivity contribution in [3.05, 3.63) is 35.4 Å². The SMILES string of the molecule is CCC(C)C(C(=O)NC1CCCCCC1)N1C(=O)c2ccccc2C1=O. The first-order valence-electron chi connectivity index (χ1n) is 9.82. The van der Waals surface area contributed by atoms with Crippen LogP contribution >= 0.6 is 0 Å². The lowest BCUT2D eigenvalue weighted by Crippen LogP contribution is -2.54. The molecule has 1 N–H and O–H groups in total. The third-order valence-electron chi connectivity index (χ3n) is 5.76. The van der Waals surface area contributed by atoms with E-state index in [2.05, 4.69) is 5.32 Å². The van der Waals surface area contributed by atoms with E-state index in [9.17, 15) is 14.4 Å². The van der Waals surface area contributed by atoms with E-state index in [1.165, 1.54) is 17.7 Å². The third-order valence-corrected chi connectivity index (χ3v) is 5.76. The maximum absolute atomic E-state index is 13.1. The molecule has 1 aromatic carbocycles. The summed E-state index contributed by atoms with van der Waals surface area (Å²) in [5, 5.41) is 3.13. The zero-order chi connectivity index (χ0) is 18.7. The number of carbonyl (C=O) groups excluding carboxylic acids is 3. The van der Waals surface area contributed by atoms with Crippen LogP contribution in [0.3, 0.4) is 0 Å². The highest BCUT2D eigenvalue weighted by atomic mass is 16.2. The standard InChI is InChI=1S/C21H28N2O3/c1-3-14(2)18(19(24)22-15-10-6-4-5-7-11-15)23-20(25)16-12-8-9-13-17(16)21(23)26/h8-9,12-15,18H,3-7,10-11H2,1-2H3,(H,22,24). The van der Waals surface area contributed by atoms with Crippen LogP contribution in [0.1, 0.15) is 79.5 Å². The number of nitrogens with zero attached hydrogens (tertiary/aromatic N) is 1. The molecule has 3 amide bonds. The Morgan fingerprint density at radius 2 is 1.62 bits per heavy atom. The van der Waals surface area contributed by atoms with Gasteiger partial charge in [0.1, 0.15) is 6.04 Å². The molecule has 1 fully saturated rings. The van der Waals surface area contributed by atoms with Crippen LogP contribution in [0.5, 0.6) is 0 Å². The van der Waals surface area contributed by atoms with Crippen molar-refractivity contribution in [2.75, 3.05) is 0 Å². The predicted molar refractivity (Wildman–Crippen MR) is 99.8 cm³/mol. The first-order valence-corrected chi connectivity index (χ1v) is 9.82. The summed E-state index contributed by atoms with van der Waals surface area (Å²) < 4.78 is 0. The first-order chi connectivity index (χ1) is 12.5. The minimum absolute atomic E-state index is 0.0945. The number of benzene rings is 1. The highest BCUT2D eigenvalue weighted by molar-refractivity contribution is 6.22. The highest BCUT2D eigenvalue weighted by Crippen LogP contribution is 2.28. The van der Waals surface area contributed by atoms with Crippen LogP contribution < -0.4 is 5.32 Å². The van der Waals surface area contributed by atoms with Crippen LogP contribution in [0, 0.1) is 5.92 Å². The second kappa shape index (κ2) is 8.02. The van der Waals surface area contributed by atoms with Gasteiger partial charge in [-0.2, -0.15) is 0 Å². The van der Waals surface area contributed by atoms with E-state index in [0.717, 1.165) is 32.1 Å². The summed E-state index contributed by atoms with van der Waals surface area (Å²) in [5.41, 5.74) is 0.793. The van der Waals surface area contributed by atoms with Gasteiger partial charge in [-0.05, 0) is 30.9 Å². The quantitative estimate of drug-likeness (QED) is 0.648. The fourth-order valence-electron chi connectivity index (χ4n) is 4.02. The maximum atomic E-state index is 13.1. The molecule has 140 valence electrons. The monoisotopic (exact) mass is 356 g/mol. The molecule has 0 aromatic heterocycles. The molecule has 1 saturated carbocycles. The lowest BCUT2D eigenvalue weighted by atomic mass is 9.96. The minimum Gasteiger partial charge on any atom is -0.352 e. The van der Waals surface area contributed by atoms with E-state index in [1.807, 2.05) is 13.8 Å². The zero-order valence-corrected chi connectivity index (χ0v) is 15.7. The molecule has 2 atom stereocenters. The van der Waals surface area contributed by atoms with Crippen molar-refractivity contribution in [3.63, 3.8) is 0 Å². The normalized spacial score (nSPS) is 20.5. The highest BCUT2D eigenvalue weighted by Gasteiger charge is 2.44. The van der Waals surface area contributed by atoms with Crippen molar-refractivity contribution in [2.24, 2.45) is 5.92 Å². The smallest absolute Gasteiger partial charge is 0.262 e. The molecule has 2 unspecified atom stereocenters. The largest absolute Gasteiger partial charge is 0.352 e. The van der Waals surface area contributed by atoms with E-state index in [1.54, 1.807) is 24.3 Å². The molecule has 0 spiro atoms. The summed E-state index contributed by atoms with van der Waals surface area (Å²) in [6, 6.07) is 6.20. The van der Waals surface area contributed by atoms with E-state index in [0.29, 0.717) is 11.1 Å². The van der Waals surface area contributed by atoms with Gasteiger partial charge in [-0.25, -0.2) is 0 Å². The summed E-state index contributed by atoms with van der Waals surface area (Å²) in [6.07, 6.45) is 7.31. The first kappa shape index (κ1) is 18.6. The zero-order valence-electron chi connectivity index (χ0n) is 15.7. The number of imide groups is 1. The second-order valence-electron chi connectivity index (χ2n) is 7.55. The van der Waals surface area contributed by atoms with E-state index < -0.39 is 6.04 Å². The number of carbonyl (C=O) groups is 3. The number of hydrogen-bond donors (Lipinski definition) is 1. The van der Waals surface area contributed by atoms with Gasteiger partial charge in [0, 0.05) is 6.04 Å². The molecule has 26 heavy (non-hydrogen) atoms. The van der Waals surface area contributed by atoms with Crippen LogP contribution in [-0.4, -0.2) is 34.7 Å². The van der Waals surface area contributed by atoms with Crippen LogP contribution in [0.15, 0.2) is 24.3 Å². The Hall–Kier alpha value is -2.17. The van der Waals surface area contributed by atoms with Gasteiger partial charge >= 0.3 is 0 Å². The van der Waals surface area contributed by atoms with Crippen molar-refractivity contribution >= 4 is 17.7 Å². The van der Waals surface area contributed by atoms with E-state index >= 15 is 0 Å². The Morgan fingerprint density at radius 3 is 2.12 bits per heavy atom.